The lowest BCUT2D eigenvalue weighted by molar-refractivity contribution is -0.217. The zero-order valence-electron chi connectivity index (χ0n) is 16.3. The molecule has 0 saturated carbocycles. The van der Waals surface area contributed by atoms with Gasteiger partial charge in [-0.05, 0) is 18.1 Å². The quantitative estimate of drug-likeness (QED) is 0.268. The summed E-state index contributed by atoms with van der Waals surface area (Å²) in [6.07, 6.45) is -5.48. The van der Waals surface area contributed by atoms with Gasteiger partial charge in [0.05, 0.1) is 8.30 Å². The van der Waals surface area contributed by atoms with Crippen LogP contribution in [0.3, 0.4) is 0 Å². The molecule has 2 heterocycles. The zero-order chi connectivity index (χ0) is 22.3. The van der Waals surface area contributed by atoms with Crippen molar-refractivity contribution < 1.29 is 36.4 Å². The number of aromatic nitrogens is 2. The van der Waals surface area contributed by atoms with Crippen molar-refractivity contribution in [1.82, 2.24) is 9.55 Å². The van der Waals surface area contributed by atoms with Crippen molar-refractivity contribution in [3.05, 3.63) is 26.9 Å². The summed E-state index contributed by atoms with van der Waals surface area (Å²) in [6.45, 7) is -0.463. The SMILES string of the molecule is [2H]C([2H])(OC(=O)[C@@H](N)C(C)C)[C@@]1(F)O[C@@H](n2cc(C=O)c(=O)[nH]c2=S)[C@H](O)[C@@H]1O. The number of ether oxygens (including phenoxy) is 2. The van der Waals surface area contributed by atoms with Crippen molar-refractivity contribution in [2.75, 3.05) is 6.56 Å². The Hall–Kier alpha value is -1.99. The van der Waals surface area contributed by atoms with Crippen molar-refractivity contribution in [3.63, 3.8) is 0 Å². The summed E-state index contributed by atoms with van der Waals surface area (Å²) in [6, 6.07) is -1.28. The first-order chi connectivity index (χ1) is 13.3. The Morgan fingerprint density at radius 2 is 2.30 bits per heavy atom. The molecule has 0 bridgehead atoms. The summed E-state index contributed by atoms with van der Waals surface area (Å²) in [5.41, 5.74) is 4.25. The Morgan fingerprint density at radius 1 is 1.67 bits per heavy atom. The number of aromatic amines is 1. The highest BCUT2D eigenvalue weighted by molar-refractivity contribution is 7.71. The Kier molecular flexibility index (Phi) is 5.41. The van der Waals surface area contributed by atoms with Crippen LogP contribution in [0.25, 0.3) is 0 Å². The van der Waals surface area contributed by atoms with E-state index in [0.717, 1.165) is 10.8 Å². The fourth-order valence-electron chi connectivity index (χ4n) is 2.23. The van der Waals surface area contributed by atoms with E-state index >= 15 is 4.39 Å². The van der Waals surface area contributed by atoms with Gasteiger partial charge in [-0.25, -0.2) is 4.39 Å². The third kappa shape index (κ3) is 4.14. The molecule has 2 rings (SSSR count). The number of nitrogens with zero attached hydrogens (tertiary/aromatic N) is 1. The van der Waals surface area contributed by atoms with E-state index in [1.807, 2.05) is 0 Å². The van der Waals surface area contributed by atoms with Gasteiger partial charge < -0.3 is 25.4 Å². The highest BCUT2D eigenvalue weighted by atomic mass is 32.1. The molecule has 5 N–H and O–H groups in total. The number of carbonyl (C=O) groups is 2. The first-order valence-electron chi connectivity index (χ1n) is 8.78. The molecule has 150 valence electrons. The zero-order valence-corrected chi connectivity index (χ0v) is 15.1. The molecule has 0 aliphatic carbocycles. The molecule has 12 heteroatoms. The van der Waals surface area contributed by atoms with Crippen LogP contribution in [0.4, 0.5) is 4.39 Å². The Morgan fingerprint density at radius 3 is 2.85 bits per heavy atom. The van der Waals surface area contributed by atoms with E-state index in [-0.39, 0.29) is 6.29 Å². The number of nitrogens with one attached hydrogen (secondary N) is 1. The van der Waals surface area contributed by atoms with E-state index in [1.165, 1.54) is 0 Å². The van der Waals surface area contributed by atoms with E-state index in [2.05, 4.69) is 9.72 Å². The number of hydrogen-bond donors (Lipinski definition) is 4. The predicted octanol–water partition coefficient (Wildman–Crippen LogP) is -0.839. The minimum atomic E-state index is -3.73. The lowest BCUT2D eigenvalue weighted by Crippen LogP contribution is -2.46. The third-order valence-corrected chi connectivity index (χ3v) is 4.28. The molecule has 10 nitrogen and oxygen atoms in total. The topological polar surface area (TPSA) is 157 Å². The number of H-pyrrole nitrogens is 1. The smallest absolute Gasteiger partial charge is 0.323 e. The molecular formula is C15H20FN3O7S. The molecule has 0 unspecified atom stereocenters. The van der Waals surface area contributed by atoms with Gasteiger partial charge in [0, 0.05) is 6.20 Å². The van der Waals surface area contributed by atoms with Crippen molar-refractivity contribution in [1.29, 1.82) is 0 Å². The van der Waals surface area contributed by atoms with Gasteiger partial charge in [-0.1, -0.05) is 13.8 Å². The Bertz CT molecular complexity index is 924. The highest BCUT2D eigenvalue weighted by Gasteiger charge is 2.57. The third-order valence-electron chi connectivity index (χ3n) is 3.97. The minimum absolute atomic E-state index is 0.166. The van der Waals surface area contributed by atoms with Crippen LogP contribution in [0.1, 0.15) is 33.2 Å². The van der Waals surface area contributed by atoms with Crippen molar-refractivity contribution in [2.45, 2.75) is 44.2 Å². The van der Waals surface area contributed by atoms with Crippen molar-refractivity contribution >= 4 is 24.5 Å². The number of aldehydes is 1. The molecule has 1 fully saturated rings. The van der Waals surface area contributed by atoms with E-state index in [9.17, 15) is 24.6 Å². The van der Waals surface area contributed by atoms with E-state index < -0.39 is 64.7 Å². The predicted molar refractivity (Wildman–Crippen MR) is 91.0 cm³/mol. The Labute approximate surface area is 160 Å². The fourth-order valence-corrected chi connectivity index (χ4v) is 2.48. The van der Waals surface area contributed by atoms with Crippen LogP contribution in [0.5, 0.6) is 0 Å². The van der Waals surface area contributed by atoms with Gasteiger partial charge in [-0.15, -0.1) is 0 Å². The number of aliphatic hydroxyl groups is 2. The molecule has 1 aliphatic rings. The molecule has 1 aliphatic heterocycles. The second kappa shape index (κ2) is 7.94. The van der Waals surface area contributed by atoms with Crippen LogP contribution in [0, 0.1) is 10.7 Å². The van der Waals surface area contributed by atoms with Gasteiger partial charge in [0.2, 0.25) is 0 Å². The molecular weight excluding hydrogens is 385 g/mol. The van der Waals surface area contributed by atoms with Crippen LogP contribution in [-0.2, 0) is 14.3 Å². The maximum absolute atomic E-state index is 15.4. The highest BCUT2D eigenvalue weighted by Crippen LogP contribution is 2.38. The summed E-state index contributed by atoms with van der Waals surface area (Å²) in [7, 11) is 0. The molecule has 27 heavy (non-hydrogen) atoms. The standard InChI is InChI=1S/C15H20FN3O7S/c1-6(2)8(17)13(24)25-5-15(16)10(22)9(21)12(26-15)19-3-7(4-20)11(23)18-14(19)27/h3-4,6,8-10,12,21-22H,5,17H2,1-2H3,(H,18,23,27)/t8-,9+,10-,12+,15+/m0/s1/i5D2. The maximum atomic E-state index is 15.4. The van der Waals surface area contributed by atoms with E-state index in [0.29, 0.717) is 0 Å². The lowest BCUT2D eigenvalue weighted by atomic mass is 10.1. The number of halogens is 1. The molecule has 0 aromatic carbocycles. The number of rotatable bonds is 6. The number of carbonyl (C=O) groups excluding carboxylic acids is 2. The van der Waals surface area contributed by atoms with E-state index in [4.69, 9.17) is 25.4 Å². The minimum Gasteiger partial charge on any atom is -0.458 e. The van der Waals surface area contributed by atoms with Crippen LogP contribution in [0.2, 0.25) is 0 Å². The summed E-state index contributed by atoms with van der Waals surface area (Å²) in [4.78, 5) is 36.6. The second-order valence-corrected chi connectivity index (χ2v) is 6.64. The van der Waals surface area contributed by atoms with Crippen LogP contribution in [-0.4, -0.2) is 62.7 Å². The molecule has 5 atom stereocenters. The fraction of sp³-hybridized carbons (Fsp3) is 0.600. The van der Waals surface area contributed by atoms with Crippen LogP contribution in [0.15, 0.2) is 11.0 Å². The monoisotopic (exact) mass is 407 g/mol. The summed E-state index contributed by atoms with van der Waals surface area (Å²) in [5.74, 6) is -5.47. The number of alkyl halides is 1. The average molecular weight is 407 g/mol. The average Bonchev–Trinajstić information content (AvgIpc) is 2.86. The van der Waals surface area contributed by atoms with Crippen molar-refractivity contribution in [2.24, 2.45) is 11.7 Å². The summed E-state index contributed by atoms with van der Waals surface area (Å²) >= 11 is 4.88. The maximum Gasteiger partial charge on any atom is 0.323 e. The van der Waals surface area contributed by atoms with Gasteiger partial charge in [-0.2, -0.15) is 0 Å². The van der Waals surface area contributed by atoms with E-state index in [1.54, 1.807) is 13.8 Å². The van der Waals surface area contributed by atoms with Gasteiger partial charge >= 0.3 is 5.97 Å². The van der Waals surface area contributed by atoms with Crippen molar-refractivity contribution in [3.8, 4) is 0 Å². The molecule has 1 aromatic rings. The molecule has 0 radical (unpaired) electrons. The summed E-state index contributed by atoms with van der Waals surface area (Å²) < 4.78 is 40.7. The Balaban J connectivity index is 2.41. The summed E-state index contributed by atoms with van der Waals surface area (Å²) in [5, 5.41) is 20.3. The lowest BCUT2D eigenvalue weighted by Gasteiger charge is -2.24. The van der Waals surface area contributed by atoms with Gasteiger partial charge in [0.15, 0.2) is 23.8 Å². The van der Waals surface area contributed by atoms with Gasteiger partial charge in [0.25, 0.3) is 11.4 Å². The number of nitrogens with two attached hydrogens (primary N) is 1. The second-order valence-electron chi connectivity index (χ2n) is 6.25. The number of esters is 1. The van der Waals surface area contributed by atoms with Gasteiger partial charge in [0.1, 0.15) is 18.2 Å². The number of aliphatic hydroxyl groups excluding tert-OH is 2. The first kappa shape index (κ1) is 18.4. The van der Waals surface area contributed by atoms with Gasteiger partial charge in [-0.3, -0.25) is 23.9 Å². The van der Waals surface area contributed by atoms with Crippen LogP contribution >= 0.6 is 12.2 Å². The largest absolute Gasteiger partial charge is 0.458 e. The van der Waals surface area contributed by atoms with Crippen LogP contribution < -0.4 is 11.3 Å². The molecule has 0 amide bonds. The normalized spacial score (nSPS) is 30.6. The molecule has 1 aromatic heterocycles. The molecule has 1 saturated heterocycles. The molecule has 0 spiro atoms. The first-order valence-corrected chi connectivity index (χ1v) is 8.19. The number of hydrogen-bond acceptors (Lipinski definition) is 9.